The summed E-state index contributed by atoms with van der Waals surface area (Å²) in [7, 11) is 1.55. The number of amides is 2. The summed E-state index contributed by atoms with van der Waals surface area (Å²) >= 11 is 1.43. The number of nitrogens with one attached hydrogen (secondary N) is 2. The van der Waals surface area contributed by atoms with Crippen LogP contribution in [0.25, 0.3) is 0 Å². The van der Waals surface area contributed by atoms with Gasteiger partial charge in [0.2, 0.25) is 0 Å². The van der Waals surface area contributed by atoms with E-state index in [9.17, 15) is 9.59 Å². The Labute approximate surface area is 115 Å². The number of nitrogens with zero attached hydrogens (tertiary/aromatic N) is 1. The van der Waals surface area contributed by atoms with Gasteiger partial charge in [-0.1, -0.05) is 0 Å². The van der Waals surface area contributed by atoms with Crippen LogP contribution in [0.1, 0.15) is 18.5 Å². The number of rotatable bonds is 8. The van der Waals surface area contributed by atoms with E-state index in [-0.39, 0.29) is 6.54 Å². The Kier molecular flexibility index (Phi) is 6.83. The van der Waals surface area contributed by atoms with Crippen LogP contribution in [0.3, 0.4) is 0 Å². The first-order chi connectivity index (χ1) is 9.13. The topological polar surface area (TPSA) is 101 Å². The van der Waals surface area contributed by atoms with Gasteiger partial charge >= 0.3 is 12.0 Å². The number of carbonyl (C=O) groups is 2. The number of urea groups is 1. The van der Waals surface area contributed by atoms with Gasteiger partial charge < -0.3 is 20.5 Å². The minimum absolute atomic E-state index is 0.278. The normalized spacial score (nSPS) is 11.8. The summed E-state index contributed by atoms with van der Waals surface area (Å²) < 4.78 is 4.85. The van der Waals surface area contributed by atoms with Gasteiger partial charge in [0.25, 0.3) is 0 Å². The fraction of sp³-hybridized carbons (Fsp3) is 0.545. The van der Waals surface area contributed by atoms with Gasteiger partial charge in [0, 0.05) is 19.1 Å². The molecule has 1 atom stereocenters. The number of thiazole rings is 1. The third kappa shape index (κ3) is 6.16. The highest BCUT2D eigenvalue weighted by Gasteiger charge is 2.19. The van der Waals surface area contributed by atoms with Crippen molar-refractivity contribution >= 4 is 23.3 Å². The van der Waals surface area contributed by atoms with Crippen molar-refractivity contribution in [1.29, 1.82) is 0 Å². The molecule has 0 bridgehead atoms. The number of methoxy groups -OCH3 is 1. The maximum Gasteiger partial charge on any atom is 0.326 e. The predicted octanol–water partition coefficient (Wildman–Crippen LogP) is 0.822. The molecule has 19 heavy (non-hydrogen) atoms. The number of carboxylic acids is 1. The van der Waals surface area contributed by atoms with Crippen LogP contribution in [-0.4, -0.2) is 41.8 Å². The highest BCUT2D eigenvalue weighted by atomic mass is 32.1. The Morgan fingerprint density at radius 1 is 1.58 bits per heavy atom. The number of carboxylic acid groups (broad SMARTS) is 1. The molecule has 0 aliphatic heterocycles. The molecule has 0 saturated carbocycles. The van der Waals surface area contributed by atoms with E-state index in [1.165, 1.54) is 11.3 Å². The molecule has 0 aliphatic carbocycles. The van der Waals surface area contributed by atoms with Crippen LogP contribution in [0.2, 0.25) is 0 Å². The summed E-state index contributed by atoms with van der Waals surface area (Å²) in [5, 5.41) is 15.8. The highest BCUT2D eigenvalue weighted by Crippen LogP contribution is 2.01. The molecule has 0 spiro atoms. The quantitative estimate of drug-likeness (QED) is 0.615. The maximum atomic E-state index is 11.5. The second kappa shape index (κ2) is 8.44. The predicted molar refractivity (Wildman–Crippen MR) is 70.0 cm³/mol. The van der Waals surface area contributed by atoms with E-state index in [1.54, 1.807) is 12.6 Å². The maximum absolute atomic E-state index is 11.5. The lowest BCUT2D eigenvalue weighted by Crippen LogP contribution is -2.45. The van der Waals surface area contributed by atoms with Crippen molar-refractivity contribution in [2.75, 3.05) is 13.7 Å². The van der Waals surface area contributed by atoms with Crippen molar-refractivity contribution in [1.82, 2.24) is 15.6 Å². The Morgan fingerprint density at radius 3 is 2.95 bits per heavy atom. The summed E-state index contributed by atoms with van der Waals surface area (Å²) in [6, 6.07) is -1.43. The first-order valence-electron chi connectivity index (χ1n) is 5.76. The van der Waals surface area contributed by atoms with E-state index in [2.05, 4.69) is 15.6 Å². The van der Waals surface area contributed by atoms with E-state index in [0.29, 0.717) is 19.4 Å². The molecule has 2 amide bonds. The van der Waals surface area contributed by atoms with E-state index < -0.39 is 18.0 Å². The summed E-state index contributed by atoms with van der Waals surface area (Å²) in [6.45, 7) is 0.742. The monoisotopic (exact) mass is 287 g/mol. The molecule has 7 nitrogen and oxygen atoms in total. The van der Waals surface area contributed by atoms with Gasteiger partial charge in [0.1, 0.15) is 6.04 Å². The molecule has 106 valence electrons. The largest absolute Gasteiger partial charge is 0.480 e. The lowest BCUT2D eigenvalue weighted by Gasteiger charge is -2.14. The molecule has 0 aromatic carbocycles. The molecule has 1 unspecified atom stereocenters. The van der Waals surface area contributed by atoms with Crippen molar-refractivity contribution in [2.24, 2.45) is 0 Å². The number of ether oxygens (including phenoxy) is 1. The second-order valence-corrected chi connectivity index (χ2v) is 4.55. The van der Waals surface area contributed by atoms with Gasteiger partial charge in [-0.25, -0.2) is 14.6 Å². The van der Waals surface area contributed by atoms with Crippen LogP contribution in [0.15, 0.2) is 10.9 Å². The molecular formula is C11H17N3O4S. The zero-order chi connectivity index (χ0) is 14.1. The van der Waals surface area contributed by atoms with Gasteiger partial charge in [-0.3, -0.25) is 0 Å². The van der Waals surface area contributed by atoms with Gasteiger partial charge in [-0.15, -0.1) is 11.3 Å². The van der Waals surface area contributed by atoms with Crippen molar-refractivity contribution in [3.05, 3.63) is 16.6 Å². The van der Waals surface area contributed by atoms with Crippen LogP contribution in [0.5, 0.6) is 0 Å². The van der Waals surface area contributed by atoms with Crippen molar-refractivity contribution in [3.63, 3.8) is 0 Å². The van der Waals surface area contributed by atoms with Gasteiger partial charge in [-0.05, 0) is 12.8 Å². The Morgan fingerprint density at radius 2 is 2.37 bits per heavy atom. The number of hydrogen-bond acceptors (Lipinski definition) is 5. The lowest BCUT2D eigenvalue weighted by molar-refractivity contribution is -0.139. The SMILES string of the molecule is COCCCC(NC(=O)NCc1cscn1)C(=O)O. The minimum Gasteiger partial charge on any atom is -0.480 e. The average Bonchev–Trinajstić information content (AvgIpc) is 2.88. The van der Waals surface area contributed by atoms with Gasteiger partial charge in [0.05, 0.1) is 17.7 Å². The van der Waals surface area contributed by atoms with E-state index in [4.69, 9.17) is 9.84 Å². The fourth-order valence-corrected chi connectivity index (χ4v) is 1.95. The summed E-state index contributed by atoms with van der Waals surface area (Å²) in [4.78, 5) is 26.5. The number of carbonyl (C=O) groups excluding carboxylic acids is 1. The van der Waals surface area contributed by atoms with Gasteiger partial charge in [0.15, 0.2) is 0 Å². The molecule has 0 fully saturated rings. The molecule has 1 aromatic rings. The van der Waals surface area contributed by atoms with Crippen molar-refractivity contribution < 1.29 is 19.4 Å². The second-order valence-electron chi connectivity index (χ2n) is 3.83. The molecule has 1 heterocycles. The Balaban J connectivity index is 2.32. The molecular weight excluding hydrogens is 270 g/mol. The molecule has 8 heteroatoms. The standard InChI is InChI=1S/C11H17N3O4S/c1-18-4-2-3-9(10(15)16)14-11(17)12-5-8-6-19-7-13-8/h6-7,9H,2-5H2,1H3,(H,15,16)(H2,12,14,17). The Hall–Kier alpha value is -1.67. The van der Waals surface area contributed by atoms with E-state index in [0.717, 1.165) is 5.69 Å². The fourth-order valence-electron chi connectivity index (χ4n) is 1.39. The average molecular weight is 287 g/mol. The first-order valence-corrected chi connectivity index (χ1v) is 6.71. The van der Waals surface area contributed by atoms with E-state index in [1.807, 2.05) is 5.38 Å². The van der Waals surface area contributed by atoms with Crippen LogP contribution in [0.4, 0.5) is 4.79 Å². The van der Waals surface area contributed by atoms with Crippen LogP contribution < -0.4 is 10.6 Å². The van der Waals surface area contributed by atoms with Gasteiger partial charge in [-0.2, -0.15) is 0 Å². The number of aromatic nitrogens is 1. The van der Waals surface area contributed by atoms with E-state index >= 15 is 0 Å². The van der Waals surface area contributed by atoms with Crippen molar-refractivity contribution in [3.8, 4) is 0 Å². The number of hydrogen-bond donors (Lipinski definition) is 3. The Bertz CT molecular complexity index is 397. The molecule has 0 radical (unpaired) electrons. The van der Waals surface area contributed by atoms with Crippen molar-refractivity contribution in [2.45, 2.75) is 25.4 Å². The lowest BCUT2D eigenvalue weighted by atomic mass is 10.1. The van der Waals surface area contributed by atoms with Crippen LogP contribution >= 0.6 is 11.3 Å². The molecule has 0 aliphatic rings. The zero-order valence-electron chi connectivity index (χ0n) is 10.6. The van der Waals surface area contributed by atoms with Crippen LogP contribution in [-0.2, 0) is 16.1 Å². The number of aliphatic carboxylic acids is 1. The first kappa shape index (κ1) is 15.4. The summed E-state index contributed by atoms with van der Waals surface area (Å²) in [6.07, 6.45) is 0.896. The molecule has 1 rings (SSSR count). The minimum atomic E-state index is -1.06. The van der Waals surface area contributed by atoms with Crippen LogP contribution in [0, 0.1) is 0 Å². The summed E-state index contributed by atoms with van der Waals surface area (Å²) in [5.41, 5.74) is 2.41. The summed E-state index contributed by atoms with van der Waals surface area (Å²) in [5.74, 6) is -1.06. The smallest absolute Gasteiger partial charge is 0.326 e. The molecule has 0 saturated heterocycles. The highest BCUT2D eigenvalue weighted by molar-refractivity contribution is 7.07. The molecule has 3 N–H and O–H groups in total. The third-order valence-electron chi connectivity index (χ3n) is 2.36. The molecule has 1 aromatic heterocycles. The third-order valence-corrected chi connectivity index (χ3v) is 2.99. The zero-order valence-corrected chi connectivity index (χ0v) is 11.4.